The van der Waals surface area contributed by atoms with Crippen LogP contribution >= 0.6 is 11.3 Å². The molecule has 1 aromatic heterocycles. The molecule has 1 aliphatic rings. The third kappa shape index (κ3) is 1.98. The van der Waals surface area contributed by atoms with Crippen LogP contribution in [0.2, 0.25) is 0 Å². The summed E-state index contributed by atoms with van der Waals surface area (Å²) < 4.78 is 11.2. The zero-order valence-electron chi connectivity index (χ0n) is 10.1. The number of nitrogens with two attached hydrogens (primary N) is 1. The summed E-state index contributed by atoms with van der Waals surface area (Å²) in [6.07, 6.45) is 0.877. The Balaban J connectivity index is 1.93. The number of hydrogen-bond donors (Lipinski definition) is 1. The number of benzene rings is 1. The van der Waals surface area contributed by atoms with Crippen LogP contribution in [0.25, 0.3) is 0 Å². The van der Waals surface area contributed by atoms with Crippen LogP contribution in [-0.2, 0) is 0 Å². The van der Waals surface area contributed by atoms with Crippen molar-refractivity contribution in [1.82, 2.24) is 0 Å². The minimum atomic E-state index is -0.00375. The van der Waals surface area contributed by atoms with Crippen LogP contribution < -0.4 is 15.2 Å². The molecule has 0 fully saturated rings. The highest BCUT2D eigenvalue weighted by Gasteiger charge is 2.27. The van der Waals surface area contributed by atoms with Crippen LogP contribution in [0.5, 0.6) is 11.5 Å². The molecule has 0 bridgehead atoms. The summed E-state index contributed by atoms with van der Waals surface area (Å²) >= 11 is 1.71. The standard InChI is InChI=1S/C14H15NO2S/c1-16-9-4-5-12-10(7-9)11(15)8-13(17-12)14-3-2-6-18-14/h2-7,11,13H,8,15H2,1H3/t11-,13?/m0/s1. The Hall–Kier alpha value is -1.52. The Kier molecular flexibility index (Phi) is 2.97. The SMILES string of the molecule is COc1ccc2c(c1)[C@@H](N)CC(c1cccs1)O2. The summed E-state index contributed by atoms with van der Waals surface area (Å²) in [5, 5.41) is 2.06. The lowest BCUT2D eigenvalue weighted by Gasteiger charge is -2.30. The van der Waals surface area contributed by atoms with Gasteiger partial charge in [0.2, 0.25) is 0 Å². The van der Waals surface area contributed by atoms with E-state index >= 15 is 0 Å². The fourth-order valence-electron chi connectivity index (χ4n) is 2.26. The quantitative estimate of drug-likeness (QED) is 0.902. The fraction of sp³-hybridized carbons (Fsp3) is 0.286. The second kappa shape index (κ2) is 4.63. The number of rotatable bonds is 2. The maximum absolute atomic E-state index is 6.24. The summed E-state index contributed by atoms with van der Waals surface area (Å²) in [4.78, 5) is 1.23. The average Bonchev–Trinajstić information content (AvgIpc) is 2.92. The van der Waals surface area contributed by atoms with E-state index in [9.17, 15) is 0 Å². The molecule has 94 valence electrons. The van der Waals surface area contributed by atoms with Crippen LogP contribution in [0.1, 0.15) is 29.0 Å². The first kappa shape index (κ1) is 11.6. The van der Waals surface area contributed by atoms with Gasteiger partial charge in [0.1, 0.15) is 17.6 Å². The molecule has 0 saturated carbocycles. The molecule has 1 aromatic carbocycles. The Bertz CT molecular complexity index is 539. The highest BCUT2D eigenvalue weighted by molar-refractivity contribution is 7.10. The predicted octanol–water partition coefficient (Wildman–Crippen LogP) is 3.28. The number of fused-ring (bicyclic) bond motifs is 1. The molecule has 1 aliphatic heterocycles. The van der Waals surface area contributed by atoms with Crippen LogP contribution in [-0.4, -0.2) is 7.11 Å². The van der Waals surface area contributed by atoms with Gasteiger partial charge in [0, 0.05) is 22.9 Å². The van der Waals surface area contributed by atoms with E-state index in [1.54, 1.807) is 18.4 Å². The van der Waals surface area contributed by atoms with Crippen LogP contribution in [0.15, 0.2) is 35.7 Å². The number of methoxy groups -OCH3 is 1. The molecule has 3 rings (SSSR count). The van der Waals surface area contributed by atoms with E-state index in [0.29, 0.717) is 0 Å². The van der Waals surface area contributed by atoms with Gasteiger partial charge in [0.15, 0.2) is 0 Å². The van der Waals surface area contributed by atoms with E-state index in [1.807, 2.05) is 24.3 Å². The molecule has 0 amide bonds. The summed E-state index contributed by atoms with van der Waals surface area (Å²) in [5.41, 5.74) is 7.27. The van der Waals surface area contributed by atoms with Crippen molar-refractivity contribution in [3.63, 3.8) is 0 Å². The monoisotopic (exact) mass is 261 g/mol. The maximum Gasteiger partial charge on any atom is 0.135 e. The largest absolute Gasteiger partial charge is 0.497 e. The lowest BCUT2D eigenvalue weighted by molar-refractivity contribution is 0.164. The van der Waals surface area contributed by atoms with E-state index in [2.05, 4.69) is 11.4 Å². The van der Waals surface area contributed by atoms with Crippen molar-refractivity contribution in [2.24, 2.45) is 5.73 Å². The average molecular weight is 261 g/mol. The third-order valence-corrected chi connectivity index (χ3v) is 4.18. The van der Waals surface area contributed by atoms with Crippen molar-refractivity contribution in [2.75, 3.05) is 7.11 Å². The van der Waals surface area contributed by atoms with Gasteiger partial charge in [-0.3, -0.25) is 0 Å². The summed E-state index contributed by atoms with van der Waals surface area (Å²) in [6.45, 7) is 0. The summed E-state index contributed by atoms with van der Waals surface area (Å²) in [6, 6.07) is 9.94. The van der Waals surface area contributed by atoms with Gasteiger partial charge >= 0.3 is 0 Å². The van der Waals surface area contributed by atoms with Crippen LogP contribution in [0, 0.1) is 0 Å². The van der Waals surface area contributed by atoms with E-state index in [4.69, 9.17) is 15.2 Å². The molecule has 0 spiro atoms. The van der Waals surface area contributed by atoms with Crippen molar-refractivity contribution in [1.29, 1.82) is 0 Å². The highest BCUT2D eigenvalue weighted by atomic mass is 32.1. The molecule has 0 aliphatic carbocycles. The van der Waals surface area contributed by atoms with Gasteiger partial charge in [-0.05, 0) is 29.6 Å². The first-order chi connectivity index (χ1) is 8.78. The second-order valence-electron chi connectivity index (χ2n) is 4.37. The van der Waals surface area contributed by atoms with Crippen molar-refractivity contribution >= 4 is 11.3 Å². The summed E-state index contributed by atoms with van der Waals surface area (Å²) in [7, 11) is 1.66. The number of thiophene rings is 1. The Morgan fingerprint density at radius 1 is 1.39 bits per heavy atom. The highest BCUT2D eigenvalue weighted by Crippen LogP contribution is 2.42. The predicted molar refractivity (Wildman–Crippen MR) is 72.2 cm³/mol. The van der Waals surface area contributed by atoms with Crippen molar-refractivity contribution in [2.45, 2.75) is 18.6 Å². The summed E-state index contributed by atoms with van der Waals surface area (Å²) in [5.74, 6) is 1.69. The Morgan fingerprint density at radius 3 is 3.00 bits per heavy atom. The van der Waals surface area contributed by atoms with Crippen molar-refractivity contribution < 1.29 is 9.47 Å². The minimum absolute atomic E-state index is 0.00375. The zero-order valence-corrected chi connectivity index (χ0v) is 10.9. The molecular weight excluding hydrogens is 246 g/mol. The molecule has 3 nitrogen and oxygen atoms in total. The zero-order chi connectivity index (χ0) is 12.5. The molecule has 2 aromatic rings. The van der Waals surface area contributed by atoms with Crippen molar-refractivity contribution in [3.8, 4) is 11.5 Å². The lowest BCUT2D eigenvalue weighted by Crippen LogP contribution is -2.23. The number of ether oxygens (including phenoxy) is 2. The van der Waals surface area contributed by atoms with Gasteiger partial charge in [-0.1, -0.05) is 6.07 Å². The molecule has 0 saturated heterocycles. The lowest BCUT2D eigenvalue weighted by atomic mass is 9.96. The van der Waals surface area contributed by atoms with Gasteiger partial charge in [-0.25, -0.2) is 0 Å². The third-order valence-electron chi connectivity index (χ3n) is 3.21. The molecule has 4 heteroatoms. The topological polar surface area (TPSA) is 44.5 Å². The van der Waals surface area contributed by atoms with Gasteiger partial charge in [0.25, 0.3) is 0 Å². The number of hydrogen-bond acceptors (Lipinski definition) is 4. The van der Waals surface area contributed by atoms with Crippen LogP contribution in [0.4, 0.5) is 0 Å². The second-order valence-corrected chi connectivity index (χ2v) is 5.35. The van der Waals surface area contributed by atoms with E-state index in [0.717, 1.165) is 23.5 Å². The molecule has 2 N–H and O–H groups in total. The van der Waals surface area contributed by atoms with Gasteiger partial charge in [-0.15, -0.1) is 11.3 Å². The van der Waals surface area contributed by atoms with E-state index in [-0.39, 0.29) is 12.1 Å². The minimum Gasteiger partial charge on any atom is -0.497 e. The molecule has 18 heavy (non-hydrogen) atoms. The molecule has 1 unspecified atom stereocenters. The van der Waals surface area contributed by atoms with Gasteiger partial charge in [-0.2, -0.15) is 0 Å². The Labute approximate surface area is 110 Å². The fourth-order valence-corrected chi connectivity index (χ4v) is 3.03. The molecule has 2 atom stereocenters. The molecular formula is C14H15NO2S. The molecule has 0 radical (unpaired) electrons. The Morgan fingerprint density at radius 2 is 2.28 bits per heavy atom. The van der Waals surface area contributed by atoms with Crippen molar-refractivity contribution in [3.05, 3.63) is 46.2 Å². The van der Waals surface area contributed by atoms with Gasteiger partial charge < -0.3 is 15.2 Å². The molecule has 2 heterocycles. The first-order valence-electron chi connectivity index (χ1n) is 5.91. The van der Waals surface area contributed by atoms with E-state index < -0.39 is 0 Å². The van der Waals surface area contributed by atoms with E-state index in [1.165, 1.54) is 4.88 Å². The normalized spacial score (nSPS) is 22.1. The van der Waals surface area contributed by atoms with Crippen LogP contribution in [0.3, 0.4) is 0 Å². The first-order valence-corrected chi connectivity index (χ1v) is 6.79. The van der Waals surface area contributed by atoms with Gasteiger partial charge in [0.05, 0.1) is 7.11 Å². The maximum atomic E-state index is 6.24. The smallest absolute Gasteiger partial charge is 0.135 e.